The molecule has 2 aliphatic rings. The van der Waals surface area contributed by atoms with Gasteiger partial charge in [-0.3, -0.25) is 0 Å². The molecule has 1 N–H and O–H groups in total. The third-order valence-electron chi connectivity index (χ3n) is 2.48. The molecule has 0 aromatic carbocycles. The summed E-state index contributed by atoms with van der Waals surface area (Å²) in [6.07, 6.45) is 8.36. The van der Waals surface area contributed by atoms with E-state index in [0.717, 1.165) is 0 Å². The van der Waals surface area contributed by atoms with Crippen molar-refractivity contribution in [2.24, 2.45) is 0 Å². The highest BCUT2D eigenvalue weighted by Crippen LogP contribution is 2.30. The second kappa shape index (κ2) is 4.02. The molecule has 2 heterocycles. The Morgan fingerprint density at radius 3 is 3.00 bits per heavy atom. The van der Waals surface area contributed by atoms with Crippen molar-refractivity contribution < 1.29 is 17.3 Å². The minimum atomic E-state index is -3.53. The Labute approximate surface area is 93.7 Å². The molecule has 0 amide bonds. The summed E-state index contributed by atoms with van der Waals surface area (Å²) in [5, 5.41) is 10.4. The maximum atomic E-state index is 11.5. The molecule has 88 valence electrons. The van der Waals surface area contributed by atoms with E-state index in [0.29, 0.717) is 18.7 Å². The van der Waals surface area contributed by atoms with Gasteiger partial charge in [0.15, 0.2) is 5.70 Å². The highest BCUT2D eigenvalue weighted by atomic mass is 32.2. The number of hydrogen-bond donors (Lipinski definition) is 1. The van der Waals surface area contributed by atoms with Crippen LogP contribution in [0.2, 0.25) is 0 Å². The summed E-state index contributed by atoms with van der Waals surface area (Å²) in [5.41, 5.74) is 2.12. The van der Waals surface area contributed by atoms with Gasteiger partial charge in [0, 0.05) is 12.5 Å². The monoisotopic (exact) mass is 244 g/mol. The van der Waals surface area contributed by atoms with Crippen LogP contribution in [-0.4, -0.2) is 25.4 Å². The Morgan fingerprint density at radius 2 is 2.31 bits per heavy atom. The van der Waals surface area contributed by atoms with Crippen LogP contribution in [0.4, 0.5) is 0 Å². The number of rotatable bonds is 1. The Bertz CT molecular complexity index is 466. The highest BCUT2D eigenvalue weighted by molar-refractivity contribution is 7.86. The molecular weight excluding hydrogens is 232 g/mol. The van der Waals surface area contributed by atoms with Gasteiger partial charge in [-0.1, -0.05) is 10.4 Å². The number of quaternary nitrogens is 1. The third kappa shape index (κ3) is 2.03. The lowest BCUT2D eigenvalue weighted by Gasteiger charge is -2.35. The van der Waals surface area contributed by atoms with E-state index in [-0.39, 0.29) is 10.4 Å². The molecule has 0 aliphatic carbocycles. The molecule has 1 unspecified atom stereocenters. The molecule has 0 radical (unpaired) electrons. The standard InChI is InChI=1S/C9H12N2O4S/c12-10-8-9-4-1-2-5-11(9)6-3-7-16(13,14)15-11/h1-2,4-5,8,10H,3,6-7H2/b9-8+. The molecule has 2 aliphatic heterocycles. The van der Waals surface area contributed by atoms with E-state index < -0.39 is 10.1 Å². The van der Waals surface area contributed by atoms with Crippen LogP contribution in [0.5, 0.6) is 0 Å². The molecule has 6 nitrogen and oxygen atoms in total. The quantitative estimate of drug-likeness (QED) is 0.536. The molecule has 0 aromatic rings. The molecule has 1 fully saturated rings. The van der Waals surface area contributed by atoms with E-state index >= 15 is 0 Å². The van der Waals surface area contributed by atoms with Crippen LogP contribution < -0.4 is 5.48 Å². The van der Waals surface area contributed by atoms with Gasteiger partial charge in [0.25, 0.3) is 0 Å². The van der Waals surface area contributed by atoms with Gasteiger partial charge in [-0.2, -0.15) is 8.42 Å². The molecule has 7 heteroatoms. The Morgan fingerprint density at radius 1 is 1.50 bits per heavy atom. The Balaban J connectivity index is 2.39. The number of allylic oxidation sites excluding steroid dienone is 3. The van der Waals surface area contributed by atoms with E-state index in [1.807, 2.05) is 0 Å². The highest BCUT2D eigenvalue weighted by Gasteiger charge is 2.42. The van der Waals surface area contributed by atoms with Gasteiger partial charge in [-0.15, -0.1) is 4.65 Å². The van der Waals surface area contributed by atoms with Crippen molar-refractivity contribution in [3.8, 4) is 0 Å². The number of hydrogen-bond acceptors (Lipinski definition) is 5. The summed E-state index contributed by atoms with van der Waals surface area (Å²) in [7, 11) is -3.53. The van der Waals surface area contributed by atoms with Crippen molar-refractivity contribution >= 4 is 10.1 Å². The summed E-state index contributed by atoms with van der Waals surface area (Å²) in [4.78, 5) is 0. The van der Waals surface area contributed by atoms with E-state index in [1.165, 1.54) is 6.20 Å². The van der Waals surface area contributed by atoms with Crippen molar-refractivity contribution in [1.29, 1.82) is 0 Å². The first-order valence-electron chi connectivity index (χ1n) is 4.84. The van der Waals surface area contributed by atoms with Crippen LogP contribution in [0.3, 0.4) is 0 Å². The lowest BCUT2D eigenvalue weighted by atomic mass is 10.2. The minimum Gasteiger partial charge on any atom is -0.761 e. The molecule has 1 spiro atoms. The molecule has 16 heavy (non-hydrogen) atoms. The second-order valence-corrected chi connectivity index (χ2v) is 5.27. The first-order valence-corrected chi connectivity index (χ1v) is 6.42. The van der Waals surface area contributed by atoms with Gasteiger partial charge < -0.3 is 10.7 Å². The van der Waals surface area contributed by atoms with Gasteiger partial charge in [0.1, 0.15) is 12.7 Å². The fraction of sp³-hybridized carbons (Fsp3) is 0.333. The first-order chi connectivity index (χ1) is 7.58. The fourth-order valence-electron chi connectivity index (χ4n) is 1.80. The Hall–Kier alpha value is -1.15. The van der Waals surface area contributed by atoms with Crippen LogP contribution >= 0.6 is 0 Å². The van der Waals surface area contributed by atoms with Gasteiger partial charge in [-0.05, 0) is 6.08 Å². The van der Waals surface area contributed by atoms with Gasteiger partial charge in [0.2, 0.25) is 0 Å². The number of hydroxylamine groups is 4. The topological polar surface area (TPSA) is 78.5 Å². The second-order valence-electron chi connectivity index (χ2n) is 3.60. The van der Waals surface area contributed by atoms with Crippen LogP contribution in [0, 0.1) is 5.21 Å². The van der Waals surface area contributed by atoms with Gasteiger partial charge >= 0.3 is 10.1 Å². The van der Waals surface area contributed by atoms with Crippen LogP contribution in [-0.2, 0) is 14.4 Å². The normalized spacial score (nSPS) is 34.4. The number of nitrogens with one attached hydrogen (secondary N) is 1. The van der Waals surface area contributed by atoms with Crippen LogP contribution in [0.15, 0.2) is 36.3 Å². The summed E-state index contributed by atoms with van der Waals surface area (Å²) < 4.78 is 27.7. The molecule has 2 rings (SSSR count). The summed E-state index contributed by atoms with van der Waals surface area (Å²) in [5.74, 6) is 0.0165. The zero-order valence-electron chi connectivity index (χ0n) is 8.50. The summed E-state index contributed by atoms with van der Waals surface area (Å²) in [6.45, 7) is 0.494. The largest absolute Gasteiger partial charge is 0.761 e. The van der Waals surface area contributed by atoms with E-state index in [4.69, 9.17) is 4.28 Å². The number of nitrogens with zero attached hydrogens (tertiary/aromatic N) is 1. The van der Waals surface area contributed by atoms with Crippen LogP contribution in [0.1, 0.15) is 6.42 Å². The fourth-order valence-corrected chi connectivity index (χ4v) is 2.97. The first kappa shape index (κ1) is 11.3. The third-order valence-corrected chi connectivity index (χ3v) is 3.76. The molecule has 1 atom stereocenters. The maximum absolute atomic E-state index is 11.5. The average Bonchev–Trinajstić information content (AvgIpc) is 2.20. The van der Waals surface area contributed by atoms with Crippen LogP contribution in [0.25, 0.3) is 0 Å². The Kier molecular flexibility index (Phi) is 2.85. The smallest absolute Gasteiger partial charge is 0.315 e. The van der Waals surface area contributed by atoms with Gasteiger partial charge in [-0.25, -0.2) is 0 Å². The molecule has 0 bridgehead atoms. The summed E-state index contributed by atoms with van der Waals surface area (Å²) >= 11 is 0. The SMILES string of the molecule is O=S1(=O)CCC[N+]2(C=CC=C/C2=C\N[O-])O1. The molecule has 0 saturated carbocycles. The van der Waals surface area contributed by atoms with Gasteiger partial charge in [0.05, 0.1) is 12.0 Å². The van der Waals surface area contributed by atoms with Crippen molar-refractivity contribution in [2.75, 3.05) is 12.3 Å². The lowest BCUT2D eigenvalue weighted by Crippen LogP contribution is -2.49. The molecule has 1 saturated heterocycles. The van der Waals surface area contributed by atoms with E-state index in [1.54, 1.807) is 29.9 Å². The van der Waals surface area contributed by atoms with Crippen molar-refractivity contribution in [3.05, 3.63) is 41.5 Å². The van der Waals surface area contributed by atoms with E-state index in [9.17, 15) is 13.6 Å². The molecular formula is C9H12N2O4S. The maximum Gasteiger partial charge on any atom is 0.315 e. The predicted octanol–water partition coefficient (Wildman–Crippen LogP) is 0.481. The predicted molar refractivity (Wildman–Crippen MR) is 57.5 cm³/mol. The lowest BCUT2D eigenvalue weighted by molar-refractivity contribution is -1.01. The van der Waals surface area contributed by atoms with E-state index in [2.05, 4.69) is 0 Å². The van der Waals surface area contributed by atoms with Crippen molar-refractivity contribution in [2.45, 2.75) is 6.42 Å². The molecule has 0 aromatic heterocycles. The van der Waals surface area contributed by atoms with Crippen molar-refractivity contribution in [3.63, 3.8) is 0 Å². The zero-order valence-corrected chi connectivity index (χ0v) is 9.31. The summed E-state index contributed by atoms with van der Waals surface area (Å²) in [6, 6.07) is 0. The average molecular weight is 244 g/mol. The zero-order chi connectivity index (χ0) is 11.6. The van der Waals surface area contributed by atoms with Crippen molar-refractivity contribution in [1.82, 2.24) is 5.48 Å². The minimum absolute atomic E-state index is 0.0165.